The molecule has 0 unspecified atom stereocenters. The third-order valence-corrected chi connectivity index (χ3v) is 3.65. The summed E-state index contributed by atoms with van der Waals surface area (Å²) in [5.41, 5.74) is 7.81. The Labute approximate surface area is 138 Å². The predicted molar refractivity (Wildman–Crippen MR) is 88.4 cm³/mol. The number of likely N-dealkylation sites (N-methyl/N-ethyl adjacent to an activating group) is 1. The lowest BCUT2D eigenvalue weighted by Crippen LogP contribution is -2.09. The topological polar surface area (TPSA) is 58.3 Å². The highest BCUT2D eigenvalue weighted by Crippen LogP contribution is 2.33. The first kappa shape index (κ1) is 17.9. The number of alkyl halides is 3. The Morgan fingerprint density at radius 1 is 1.17 bits per heavy atom. The molecular weight excluding hydrogens is 317 g/mol. The lowest BCUT2D eigenvalue weighted by molar-refractivity contribution is -0.137. The van der Waals surface area contributed by atoms with Crippen molar-refractivity contribution in [3.63, 3.8) is 0 Å². The molecule has 0 aliphatic rings. The van der Waals surface area contributed by atoms with E-state index in [1.54, 1.807) is 7.05 Å². The van der Waals surface area contributed by atoms with Crippen molar-refractivity contribution in [2.45, 2.75) is 12.6 Å². The van der Waals surface area contributed by atoms with E-state index < -0.39 is 11.7 Å². The van der Waals surface area contributed by atoms with E-state index in [9.17, 15) is 18.3 Å². The standard InChI is InChI=1S/C18H19F3N2O/c1-23-9-8-16(22)15-5-3-2-4-12(15)10-13-6-7-14(11-17(13)24)18(19,20)21/h2-8,11,23-24H,9-10,22H2,1H3/b16-8+. The summed E-state index contributed by atoms with van der Waals surface area (Å²) in [6.07, 6.45) is -2.37. The summed E-state index contributed by atoms with van der Waals surface area (Å²) in [6.45, 7) is 0.603. The van der Waals surface area contributed by atoms with Crippen molar-refractivity contribution >= 4 is 5.70 Å². The summed E-state index contributed by atoms with van der Waals surface area (Å²) in [5.74, 6) is -0.377. The zero-order chi connectivity index (χ0) is 17.7. The van der Waals surface area contributed by atoms with Crippen molar-refractivity contribution in [1.29, 1.82) is 0 Å². The molecule has 0 amide bonds. The molecule has 3 nitrogen and oxygen atoms in total. The molecule has 0 saturated carbocycles. The van der Waals surface area contributed by atoms with Gasteiger partial charge in [0.25, 0.3) is 0 Å². The zero-order valence-corrected chi connectivity index (χ0v) is 13.2. The van der Waals surface area contributed by atoms with Gasteiger partial charge in [0.05, 0.1) is 5.56 Å². The molecule has 2 aromatic rings. The van der Waals surface area contributed by atoms with Crippen LogP contribution in [-0.2, 0) is 12.6 Å². The van der Waals surface area contributed by atoms with Crippen LogP contribution in [0.15, 0.2) is 48.5 Å². The van der Waals surface area contributed by atoms with Gasteiger partial charge in [0.15, 0.2) is 0 Å². The van der Waals surface area contributed by atoms with E-state index in [4.69, 9.17) is 5.73 Å². The number of hydrogen-bond donors (Lipinski definition) is 3. The van der Waals surface area contributed by atoms with Crippen LogP contribution in [-0.4, -0.2) is 18.7 Å². The van der Waals surface area contributed by atoms with Crippen LogP contribution in [0.1, 0.15) is 22.3 Å². The van der Waals surface area contributed by atoms with E-state index in [-0.39, 0.29) is 12.2 Å². The fraction of sp³-hybridized carbons (Fsp3) is 0.222. The number of hydrogen-bond acceptors (Lipinski definition) is 3. The number of halogens is 3. The summed E-state index contributed by atoms with van der Waals surface area (Å²) >= 11 is 0. The van der Waals surface area contributed by atoms with Gasteiger partial charge in [0.1, 0.15) is 5.75 Å². The van der Waals surface area contributed by atoms with Crippen LogP contribution in [0.4, 0.5) is 13.2 Å². The maximum Gasteiger partial charge on any atom is 0.416 e. The molecule has 2 aromatic carbocycles. The Morgan fingerprint density at radius 3 is 2.50 bits per heavy atom. The quantitative estimate of drug-likeness (QED) is 0.783. The summed E-state index contributed by atoms with van der Waals surface area (Å²) < 4.78 is 38.0. The van der Waals surface area contributed by atoms with Crippen molar-refractivity contribution in [3.05, 3.63) is 70.8 Å². The Hall–Kier alpha value is -2.47. The third kappa shape index (κ3) is 4.29. The Morgan fingerprint density at radius 2 is 1.88 bits per heavy atom. The maximum absolute atomic E-state index is 12.7. The molecule has 0 spiro atoms. The average Bonchev–Trinajstić information content (AvgIpc) is 2.54. The first-order chi connectivity index (χ1) is 11.3. The predicted octanol–water partition coefficient (Wildman–Crippen LogP) is 3.52. The molecule has 2 rings (SSSR count). The molecule has 0 aromatic heterocycles. The lowest BCUT2D eigenvalue weighted by atomic mass is 9.96. The number of nitrogens with two attached hydrogens (primary N) is 1. The number of phenols is 1. The highest BCUT2D eigenvalue weighted by atomic mass is 19.4. The Bertz CT molecular complexity index is 739. The smallest absolute Gasteiger partial charge is 0.416 e. The molecule has 0 saturated heterocycles. The SMILES string of the molecule is CNC/C=C(/N)c1ccccc1Cc1ccc(C(F)(F)F)cc1O. The van der Waals surface area contributed by atoms with Crippen LogP contribution < -0.4 is 11.1 Å². The largest absolute Gasteiger partial charge is 0.508 e. The number of nitrogens with one attached hydrogen (secondary N) is 1. The number of rotatable bonds is 5. The van der Waals surface area contributed by atoms with Crippen molar-refractivity contribution in [1.82, 2.24) is 5.32 Å². The fourth-order valence-corrected chi connectivity index (χ4v) is 2.37. The summed E-state index contributed by atoms with van der Waals surface area (Å²) in [4.78, 5) is 0. The van der Waals surface area contributed by atoms with Gasteiger partial charge >= 0.3 is 6.18 Å². The number of benzene rings is 2. The van der Waals surface area contributed by atoms with Gasteiger partial charge in [-0.2, -0.15) is 13.2 Å². The normalized spacial score (nSPS) is 12.4. The van der Waals surface area contributed by atoms with E-state index in [2.05, 4.69) is 5.32 Å². The molecule has 0 radical (unpaired) electrons. The van der Waals surface area contributed by atoms with Crippen LogP contribution in [0.3, 0.4) is 0 Å². The van der Waals surface area contributed by atoms with E-state index in [1.165, 1.54) is 6.07 Å². The highest BCUT2D eigenvalue weighted by Gasteiger charge is 2.31. The monoisotopic (exact) mass is 336 g/mol. The molecule has 4 N–H and O–H groups in total. The van der Waals surface area contributed by atoms with E-state index in [1.807, 2.05) is 30.3 Å². The summed E-state index contributed by atoms with van der Waals surface area (Å²) in [6, 6.07) is 10.4. The van der Waals surface area contributed by atoms with Gasteiger partial charge in [-0.1, -0.05) is 30.3 Å². The lowest BCUT2D eigenvalue weighted by Gasteiger charge is -2.13. The fourth-order valence-electron chi connectivity index (χ4n) is 2.37. The van der Waals surface area contributed by atoms with Crippen LogP contribution in [0, 0.1) is 0 Å². The van der Waals surface area contributed by atoms with Crippen molar-refractivity contribution < 1.29 is 18.3 Å². The van der Waals surface area contributed by atoms with Gasteiger partial charge in [-0.3, -0.25) is 0 Å². The van der Waals surface area contributed by atoms with Crippen molar-refractivity contribution in [2.75, 3.05) is 13.6 Å². The third-order valence-electron chi connectivity index (χ3n) is 3.65. The van der Waals surface area contributed by atoms with Gasteiger partial charge in [0, 0.05) is 24.2 Å². The first-order valence-electron chi connectivity index (χ1n) is 7.40. The van der Waals surface area contributed by atoms with E-state index in [0.717, 1.165) is 23.3 Å². The van der Waals surface area contributed by atoms with Gasteiger partial charge < -0.3 is 16.2 Å². The van der Waals surface area contributed by atoms with Gasteiger partial charge in [-0.05, 0) is 36.4 Å². The van der Waals surface area contributed by atoms with Gasteiger partial charge in [-0.25, -0.2) is 0 Å². The molecule has 0 aliphatic heterocycles. The van der Waals surface area contributed by atoms with E-state index >= 15 is 0 Å². The van der Waals surface area contributed by atoms with Gasteiger partial charge in [-0.15, -0.1) is 0 Å². The van der Waals surface area contributed by atoms with Crippen LogP contribution in [0.5, 0.6) is 5.75 Å². The Kier molecular flexibility index (Phi) is 5.51. The molecule has 0 atom stereocenters. The minimum absolute atomic E-state index is 0.286. The van der Waals surface area contributed by atoms with Gasteiger partial charge in [0.2, 0.25) is 0 Å². The molecule has 0 bridgehead atoms. The second-order valence-corrected chi connectivity index (χ2v) is 5.39. The van der Waals surface area contributed by atoms with Crippen LogP contribution >= 0.6 is 0 Å². The van der Waals surface area contributed by atoms with Crippen molar-refractivity contribution in [2.24, 2.45) is 5.73 Å². The molecule has 6 heteroatoms. The number of phenolic OH excluding ortho intramolecular Hbond substituents is 1. The number of aromatic hydroxyl groups is 1. The summed E-state index contributed by atoms with van der Waals surface area (Å²) in [7, 11) is 1.80. The van der Waals surface area contributed by atoms with Crippen LogP contribution in [0.2, 0.25) is 0 Å². The van der Waals surface area contributed by atoms with Crippen molar-refractivity contribution in [3.8, 4) is 5.75 Å². The minimum atomic E-state index is -4.48. The van der Waals surface area contributed by atoms with Crippen LogP contribution in [0.25, 0.3) is 5.70 Å². The zero-order valence-electron chi connectivity index (χ0n) is 13.2. The molecular formula is C18H19F3N2O. The Balaban J connectivity index is 2.32. The molecule has 24 heavy (non-hydrogen) atoms. The summed E-state index contributed by atoms with van der Waals surface area (Å²) in [5, 5.41) is 12.9. The maximum atomic E-state index is 12.7. The van der Waals surface area contributed by atoms with E-state index in [0.29, 0.717) is 17.8 Å². The minimum Gasteiger partial charge on any atom is -0.508 e. The second-order valence-electron chi connectivity index (χ2n) is 5.39. The molecule has 0 heterocycles. The molecule has 0 fully saturated rings. The average molecular weight is 336 g/mol. The molecule has 0 aliphatic carbocycles. The highest BCUT2D eigenvalue weighted by molar-refractivity contribution is 5.66. The molecule has 128 valence electrons. The second kappa shape index (κ2) is 7.40. The first-order valence-corrected chi connectivity index (χ1v) is 7.40.